The summed E-state index contributed by atoms with van der Waals surface area (Å²) in [5.41, 5.74) is 3.84. The Hall–Kier alpha value is -0.960. The molecule has 2 rings (SSSR count). The van der Waals surface area contributed by atoms with E-state index in [0.717, 1.165) is 38.2 Å². The van der Waals surface area contributed by atoms with Crippen LogP contribution in [0.25, 0.3) is 0 Å². The maximum Gasteiger partial charge on any atom is 0.128 e. The van der Waals surface area contributed by atoms with E-state index < -0.39 is 0 Å². The Kier molecular flexibility index (Phi) is 2.77. The number of nitrogens with one attached hydrogen (secondary N) is 1. The molecule has 2 heterocycles. The standard InChI is InChI=1S/C11H17N3/c1-3-5-9-8-6-12-7-10(8)14-11(4-2)13-9/h12H,3-7H2,1-2H3. The van der Waals surface area contributed by atoms with E-state index in [0.29, 0.717) is 0 Å². The summed E-state index contributed by atoms with van der Waals surface area (Å²) in [4.78, 5) is 9.14. The Balaban J connectivity index is 2.41. The normalized spacial score (nSPS) is 14.4. The van der Waals surface area contributed by atoms with Crippen molar-refractivity contribution in [3.63, 3.8) is 0 Å². The molecule has 0 atom stereocenters. The summed E-state index contributed by atoms with van der Waals surface area (Å²) in [6, 6.07) is 0. The number of nitrogens with zero attached hydrogens (tertiary/aromatic N) is 2. The van der Waals surface area contributed by atoms with E-state index in [1.54, 1.807) is 0 Å². The van der Waals surface area contributed by atoms with Crippen molar-refractivity contribution in [1.82, 2.24) is 15.3 Å². The van der Waals surface area contributed by atoms with Crippen molar-refractivity contribution >= 4 is 0 Å². The molecule has 0 radical (unpaired) electrons. The number of fused-ring (bicyclic) bond motifs is 1. The van der Waals surface area contributed by atoms with Crippen molar-refractivity contribution in [1.29, 1.82) is 0 Å². The summed E-state index contributed by atoms with van der Waals surface area (Å²) < 4.78 is 0. The molecule has 1 aliphatic heterocycles. The number of rotatable bonds is 3. The minimum Gasteiger partial charge on any atom is -0.307 e. The van der Waals surface area contributed by atoms with Gasteiger partial charge in [-0.3, -0.25) is 0 Å². The van der Waals surface area contributed by atoms with Crippen molar-refractivity contribution in [3.8, 4) is 0 Å². The molecule has 0 unspecified atom stereocenters. The Morgan fingerprint density at radius 1 is 1.21 bits per heavy atom. The van der Waals surface area contributed by atoms with Gasteiger partial charge in [0.25, 0.3) is 0 Å². The molecule has 0 amide bonds. The molecule has 1 aromatic heterocycles. The minimum atomic E-state index is 0.918. The molecule has 1 aromatic rings. The van der Waals surface area contributed by atoms with Crippen LogP contribution in [0.3, 0.4) is 0 Å². The largest absolute Gasteiger partial charge is 0.307 e. The molecule has 0 saturated carbocycles. The summed E-state index contributed by atoms with van der Waals surface area (Å²) in [7, 11) is 0. The van der Waals surface area contributed by atoms with Crippen LogP contribution in [0.1, 0.15) is 43.0 Å². The van der Waals surface area contributed by atoms with Gasteiger partial charge in [0.2, 0.25) is 0 Å². The fraction of sp³-hybridized carbons (Fsp3) is 0.636. The average Bonchev–Trinajstić information content (AvgIpc) is 2.66. The topological polar surface area (TPSA) is 37.8 Å². The number of hydrogen-bond acceptors (Lipinski definition) is 3. The van der Waals surface area contributed by atoms with E-state index >= 15 is 0 Å². The fourth-order valence-corrected chi connectivity index (χ4v) is 1.90. The molecule has 0 aromatic carbocycles. The van der Waals surface area contributed by atoms with Crippen molar-refractivity contribution in [3.05, 3.63) is 22.8 Å². The van der Waals surface area contributed by atoms with Gasteiger partial charge in [-0.05, 0) is 6.42 Å². The lowest BCUT2D eigenvalue weighted by Crippen LogP contribution is -2.05. The van der Waals surface area contributed by atoms with Gasteiger partial charge in [-0.2, -0.15) is 0 Å². The number of aryl methyl sites for hydroxylation is 2. The van der Waals surface area contributed by atoms with Gasteiger partial charge in [0.05, 0.1) is 5.69 Å². The summed E-state index contributed by atoms with van der Waals surface area (Å²) in [6.45, 7) is 6.18. The molecule has 0 saturated heterocycles. The summed E-state index contributed by atoms with van der Waals surface area (Å²) >= 11 is 0. The first-order chi connectivity index (χ1) is 6.85. The highest BCUT2D eigenvalue weighted by atomic mass is 15.0. The van der Waals surface area contributed by atoms with Gasteiger partial charge in [0.15, 0.2) is 0 Å². The third-order valence-electron chi connectivity index (χ3n) is 2.62. The van der Waals surface area contributed by atoms with Crippen LogP contribution in [0.15, 0.2) is 0 Å². The molecule has 76 valence electrons. The van der Waals surface area contributed by atoms with Crippen molar-refractivity contribution < 1.29 is 0 Å². The molecule has 0 aliphatic carbocycles. The summed E-state index contributed by atoms with van der Waals surface area (Å²) in [5, 5.41) is 3.34. The maximum atomic E-state index is 4.60. The quantitative estimate of drug-likeness (QED) is 0.788. The second kappa shape index (κ2) is 4.05. The first-order valence-electron chi connectivity index (χ1n) is 5.43. The smallest absolute Gasteiger partial charge is 0.128 e. The minimum absolute atomic E-state index is 0.918. The summed E-state index contributed by atoms with van der Waals surface area (Å²) in [6.07, 6.45) is 3.18. The van der Waals surface area contributed by atoms with Gasteiger partial charge in [-0.15, -0.1) is 0 Å². The highest BCUT2D eigenvalue weighted by Crippen LogP contribution is 2.18. The van der Waals surface area contributed by atoms with Crippen LogP contribution >= 0.6 is 0 Å². The molecule has 0 bridgehead atoms. The molecule has 0 spiro atoms. The lowest BCUT2D eigenvalue weighted by atomic mass is 10.1. The van der Waals surface area contributed by atoms with Crippen LogP contribution in [0.2, 0.25) is 0 Å². The molecule has 0 fully saturated rings. The van der Waals surface area contributed by atoms with Crippen LogP contribution in [-0.2, 0) is 25.9 Å². The van der Waals surface area contributed by atoms with E-state index in [9.17, 15) is 0 Å². The lowest BCUT2D eigenvalue weighted by Gasteiger charge is -2.07. The SMILES string of the molecule is CCCc1nc(CC)nc2c1CNC2. The van der Waals surface area contributed by atoms with Crippen molar-refractivity contribution in [2.75, 3.05) is 0 Å². The van der Waals surface area contributed by atoms with Gasteiger partial charge < -0.3 is 5.32 Å². The van der Waals surface area contributed by atoms with Gasteiger partial charge in [-0.1, -0.05) is 20.3 Å². The predicted octanol–water partition coefficient (Wildman–Crippen LogP) is 1.59. The third kappa shape index (κ3) is 1.64. The lowest BCUT2D eigenvalue weighted by molar-refractivity contribution is 0.753. The van der Waals surface area contributed by atoms with Gasteiger partial charge in [-0.25, -0.2) is 9.97 Å². The van der Waals surface area contributed by atoms with E-state index in [-0.39, 0.29) is 0 Å². The second-order valence-electron chi connectivity index (χ2n) is 3.72. The van der Waals surface area contributed by atoms with Gasteiger partial charge >= 0.3 is 0 Å². The first kappa shape index (κ1) is 9.59. The van der Waals surface area contributed by atoms with Crippen molar-refractivity contribution in [2.24, 2.45) is 0 Å². The van der Waals surface area contributed by atoms with Crippen LogP contribution < -0.4 is 5.32 Å². The van der Waals surface area contributed by atoms with E-state index in [1.807, 2.05) is 0 Å². The molecular weight excluding hydrogens is 174 g/mol. The molecule has 1 aliphatic rings. The Morgan fingerprint density at radius 2 is 2.07 bits per heavy atom. The summed E-state index contributed by atoms with van der Waals surface area (Å²) in [5.74, 6) is 0.996. The van der Waals surface area contributed by atoms with Crippen LogP contribution in [0, 0.1) is 0 Å². The zero-order valence-electron chi connectivity index (χ0n) is 8.93. The Morgan fingerprint density at radius 3 is 2.79 bits per heavy atom. The van der Waals surface area contributed by atoms with Crippen LogP contribution in [0.4, 0.5) is 0 Å². The van der Waals surface area contributed by atoms with Gasteiger partial charge in [0.1, 0.15) is 5.82 Å². The zero-order valence-corrected chi connectivity index (χ0v) is 8.93. The number of hydrogen-bond donors (Lipinski definition) is 1. The first-order valence-corrected chi connectivity index (χ1v) is 5.43. The third-order valence-corrected chi connectivity index (χ3v) is 2.62. The maximum absolute atomic E-state index is 4.60. The van der Waals surface area contributed by atoms with E-state index in [4.69, 9.17) is 0 Å². The van der Waals surface area contributed by atoms with E-state index in [2.05, 4.69) is 29.1 Å². The second-order valence-corrected chi connectivity index (χ2v) is 3.72. The molecular formula is C11H17N3. The zero-order chi connectivity index (χ0) is 9.97. The highest BCUT2D eigenvalue weighted by Gasteiger charge is 2.17. The molecule has 14 heavy (non-hydrogen) atoms. The molecule has 3 heteroatoms. The van der Waals surface area contributed by atoms with Crippen LogP contribution in [-0.4, -0.2) is 9.97 Å². The average molecular weight is 191 g/mol. The molecule has 1 N–H and O–H groups in total. The van der Waals surface area contributed by atoms with Crippen LogP contribution in [0.5, 0.6) is 0 Å². The van der Waals surface area contributed by atoms with Gasteiger partial charge in [0, 0.05) is 30.8 Å². The Labute approximate surface area is 85.0 Å². The van der Waals surface area contributed by atoms with Crippen molar-refractivity contribution in [2.45, 2.75) is 46.2 Å². The molecule has 3 nitrogen and oxygen atoms in total. The fourth-order valence-electron chi connectivity index (χ4n) is 1.90. The highest BCUT2D eigenvalue weighted by molar-refractivity contribution is 5.29. The van der Waals surface area contributed by atoms with E-state index in [1.165, 1.54) is 17.0 Å². The number of aromatic nitrogens is 2. The Bertz CT molecular complexity index is 334. The predicted molar refractivity (Wildman–Crippen MR) is 55.9 cm³/mol. The monoisotopic (exact) mass is 191 g/mol.